The molecule has 0 amide bonds. The van der Waals surface area contributed by atoms with Gasteiger partial charge in [-0.2, -0.15) is 13.2 Å². The van der Waals surface area contributed by atoms with Gasteiger partial charge >= 0.3 is 6.18 Å². The maximum Gasteiger partial charge on any atom is 0.417 e. The number of nitrogen functional groups attached to an aromatic ring is 1. The lowest BCUT2D eigenvalue weighted by molar-refractivity contribution is -0.137. The molecule has 0 spiro atoms. The number of anilines is 3. The molecule has 6 heterocycles. The Bertz CT molecular complexity index is 3350. The van der Waals surface area contributed by atoms with Crippen molar-refractivity contribution in [1.82, 2.24) is 49.0 Å². The molecule has 0 aliphatic rings. The summed E-state index contributed by atoms with van der Waals surface area (Å²) in [5, 5.41) is 5.30. The highest BCUT2D eigenvalue weighted by molar-refractivity contribution is 5.90. The molecule has 0 aliphatic carbocycles. The van der Waals surface area contributed by atoms with Gasteiger partial charge in [0.05, 0.1) is 53.7 Å². The summed E-state index contributed by atoms with van der Waals surface area (Å²) in [6.07, 6.45) is 1.63. The monoisotopic (exact) mass is 812 g/mol. The van der Waals surface area contributed by atoms with Crippen LogP contribution in [0.15, 0.2) is 116 Å². The van der Waals surface area contributed by atoms with Crippen LogP contribution in [0.2, 0.25) is 0 Å². The number of hydrogen-bond acceptors (Lipinski definition) is 10. The van der Waals surface area contributed by atoms with E-state index in [1.54, 1.807) is 23.3 Å². The molecule has 0 unspecified atom stereocenters. The smallest absolute Gasteiger partial charge is 0.382 e. The summed E-state index contributed by atoms with van der Waals surface area (Å²) in [5.74, 6) is 0.770. The maximum absolute atomic E-state index is 14.4. The minimum absolute atomic E-state index is 0.00284. The number of alkyl halides is 3. The Kier molecular flexibility index (Phi) is 8.89. The number of pyridine rings is 2. The van der Waals surface area contributed by atoms with Crippen LogP contribution in [0.5, 0.6) is 0 Å². The van der Waals surface area contributed by atoms with E-state index in [2.05, 4.69) is 48.4 Å². The van der Waals surface area contributed by atoms with Gasteiger partial charge in [0.15, 0.2) is 28.4 Å². The van der Waals surface area contributed by atoms with Gasteiger partial charge in [0, 0.05) is 27.6 Å². The molecular weight excluding hydrogens is 778 g/mol. The molecule has 6 aromatic heterocycles. The van der Waals surface area contributed by atoms with Crippen molar-refractivity contribution >= 4 is 61.5 Å². The second-order valence-electron chi connectivity index (χ2n) is 15.1. The summed E-state index contributed by atoms with van der Waals surface area (Å²) in [4.78, 5) is 37.0. The van der Waals surface area contributed by atoms with Gasteiger partial charge in [0.2, 0.25) is 0 Å². The van der Waals surface area contributed by atoms with E-state index in [1.165, 1.54) is 24.8 Å². The largest absolute Gasteiger partial charge is 0.417 e. The fourth-order valence-corrected chi connectivity index (χ4v) is 8.04. The van der Waals surface area contributed by atoms with E-state index >= 15 is 0 Å². The molecule has 10 rings (SSSR count). The average molecular weight is 813 g/mol. The predicted molar refractivity (Wildman–Crippen MR) is 230 cm³/mol. The topological polar surface area (TPSA) is 151 Å². The van der Waals surface area contributed by atoms with E-state index in [0.717, 1.165) is 61.6 Å². The standard InChI is InChI=1S/C46H35F3N12/c1-25-14-30(38-31(16-28-10-6-8-26(2)36(28)58-38)19-60-23-55-40-42(50)51-21-53-44(40)60)18-33(15-25)57-43-41-45(54-22-52-43)61(24-56-41)20-32-17-29-11-7-9-27(3)37(29)59-39(32)34-12-4-5-13-35(34)46(47,48)49/h4-18,21-24H,19-20H2,1-3H3,(H2,50,51,53)(H,52,54,57). The van der Waals surface area contributed by atoms with Crippen molar-refractivity contribution in [2.75, 3.05) is 11.1 Å². The number of hydrogen-bond donors (Lipinski definition) is 2. The summed E-state index contributed by atoms with van der Waals surface area (Å²) in [6.45, 7) is 6.54. The highest BCUT2D eigenvalue weighted by Gasteiger charge is 2.34. The molecule has 0 aliphatic heterocycles. The number of nitrogens with one attached hydrogen (secondary N) is 1. The Morgan fingerprint density at radius 3 is 1.90 bits per heavy atom. The highest BCUT2D eigenvalue weighted by Crippen LogP contribution is 2.39. The number of aryl methyl sites for hydroxylation is 3. The Labute approximate surface area is 346 Å². The van der Waals surface area contributed by atoms with Crippen molar-refractivity contribution in [1.29, 1.82) is 0 Å². The Hall–Kier alpha value is -7.81. The van der Waals surface area contributed by atoms with E-state index in [4.69, 9.17) is 20.7 Å². The summed E-state index contributed by atoms with van der Waals surface area (Å²) in [7, 11) is 0. The zero-order chi connectivity index (χ0) is 42.0. The number of rotatable bonds is 8. The number of aromatic nitrogens is 10. The van der Waals surface area contributed by atoms with Gasteiger partial charge in [-0.05, 0) is 85.0 Å². The third-order valence-corrected chi connectivity index (χ3v) is 10.9. The molecule has 0 radical (unpaired) electrons. The van der Waals surface area contributed by atoms with Crippen molar-refractivity contribution in [3.63, 3.8) is 0 Å². The van der Waals surface area contributed by atoms with Gasteiger partial charge in [0.1, 0.15) is 18.2 Å². The van der Waals surface area contributed by atoms with Crippen molar-refractivity contribution in [2.24, 2.45) is 0 Å². The number of fused-ring (bicyclic) bond motifs is 4. The number of halogens is 3. The van der Waals surface area contributed by atoms with Crippen LogP contribution >= 0.6 is 0 Å². The lowest BCUT2D eigenvalue weighted by Crippen LogP contribution is -2.10. The first-order chi connectivity index (χ1) is 29.5. The van der Waals surface area contributed by atoms with Gasteiger partial charge in [0.25, 0.3) is 0 Å². The molecule has 12 nitrogen and oxygen atoms in total. The summed E-state index contributed by atoms with van der Waals surface area (Å²) >= 11 is 0. The second-order valence-corrected chi connectivity index (χ2v) is 15.1. The van der Waals surface area contributed by atoms with Crippen LogP contribution in [-0.2, 0) is 19.3 Å². The first kappa shape index (κ1) is 37.5. The molecule has 15 heteroatoms. The quantitative estimate of drug-likeness (QED) is 0.152. The third kappa shape index (κ3) is 6.79. The third-order valence-electron chi connectivity index (χ3n) is 10.9. The Morgan fingerprint density at radius 1 is 0.607 bits per heavy atom. The normalized spacial score (nSPS) is 12.0. The van der Waals surface area contributed by atoms with E-state index < -0.39 is 11.7 Å². The lowest BCUT2D eigenvalue weighted by Gasteiger charge is -2.17. The molecular formula is C46H35F3N12. The van der Waals surface area contributed by atoms with Crippen LogP contribution in [-0.4, -0.2) is 49.0 Å². The number of para-hydroxylation sites is 2. The predicted octanol–water partition coefficient (Wildman–Crippen LogP) is 9.76. The van der Waals surface area contributed by atoms with Crippen LogP contribution in [0.25, 0.3) is 66.6 Å². The van der Waals surface area contributed by atoms with Crippen molar-refractivity contribution in [2.45, 2.75) is 40.0 Å². The van der Waals surface area contributed by atoms with Crippen LogP contribution in [0.3, 0.4) is 0 Å². The van der Waals surface area contributed by atoms with Crippen molar-refractivity contribution in [3.05, 3.63) is 150 Å². The zero-order valence-corrected chi connectivity index (χ0v) is 33.1. The van der Waals surface area contributed by atoms with Crippen LogP contribution in [0, 0.1) is 20.8 Å². The van der Waals surface area contributed by atoms with Gasteiger partial charge in [-0.3, -0.25) is 0 Å². The number of nitrogens with zero attached hydrogens (tertiary/aromatic N) is 10. The molecule has 0 saturated carbocycles. The molecule has 61 heavy (non-hydrogen) atoms. The van der Waals surface area contributed by atoms with Crippen molar-refractivity contribution in [3.8, 4) is 22.5 Å². The number of benzene rings is 4. The molecule has 300 valence electrons. The molecule has 10 aromatic rings. The number of nitrogens with two attached hydrogens (primary N) is 1. The second kappa shape index (κ2) is 14.5. The highest BCUT2D eigenvalue weighted by atomic mass is 19.4. The minimum Gasteiger partial charge on any atom is -0.382 e. The van der Waals surface area contributed by atoms with Gasteiger partial charge in [-0.15, -0.1) is 0 Å². The van der Waals surface area contributed by atoms with Crippen LogP contribution < -0.4 is 11.1 Å². The summed E-state index contributed by atoms with van der Waals surface area (Å²) in [6, 6.07) is 27.5. The molecule has 0 bridgehead atoms. The fourth-order valence-electron chi connectivity index (χ4n) is 8.04. The van der Waals surface area contributed by atoms with Crippen LogP contribution in [0.1, 0.15) is 33.4 Å². The van der Waals surface area contributed by atoms with Crippen molar-refractivity contribution < 1.29 is 13.2 Å². The minimum atomic E-state index is -4.58. The molecule has 0 fully saturated rings. The SMILES string of the molecule is Cc1cc(Nc2ncnc3c2ncn3Cc2cc3cccc(C)c3nc2-c2ccccc2C(F)(F)F)cc(-c2nc3c(C)cccc3cc2Cn2cnc3c(N)ncnc32)c1. The molecule has 0 saturated heterocycles. The number of imidazole rings is 2. The Balaban J connectivity index is 1.03. The Morgan fingerprint density at radius 2 is 1.21 bits per heavy atom. The summed E-state index contributed by atoms with van der Waals surface area (Å²) < 4.78 is 46.8. The fraction of sp³-hybridized carbons (Fsp3) is 0.130. The first-order valence-electron chi connectivity index (χ1n) is 19.4. The van der Waals surface area contributed by atoms with E-state index in [1.807, 2.05) is 73.9 Å². The summed E-state index contributed by atoms with van der Waals surface area (Å²) in [5.41, 5.74) is 16.1. The average Bonchev–Trinajstić information content (AvgIpc) is 3.85. The van der Waals surface area contributed by atoms with Gasteiger partial charge < -0.3 is 20.2 Å². The van der Waals surface area contributed by atoms with E-state index in [-0.39, 0.29) is 17.8 Å². The lowest BCUT2D eigenvalue weighted by atomic mass is 9.97. The zero-order valence-electron chi connectivity index (χ0n) is 33.1. The van der Waals surface area contributed by atoms with E-state index in [9.17, 15) is 13.2 Å². The molecule has 4 aromatic carbocycles. The van der Waals surface area contributed by atoms with Gasteiger partial charge in [-0.25, -0.2) is 39.9 Å². The van der Waals surface area contributed by atoms with E-state index in [0.29, 0.717) is 51.6 Å². The van der Waals surface area contributed by atoms with Gasteiger partial charge in [-0.1, -0.05) is 54.6 Å². The van der Waals surface area contributed by atoms with Crippen LogP contribution in [0.4, 0.5) is 30.5 Å². The maximum atomic E-state index is 14.4. The first-order valence-corrected chi connectivity index (χ1v) is 19.4. The molecule has 3 N–H and O–H groups in total. The molecule has 0 atom stereocenters.